The molecule has 4 nitrogen and oxygen atoms in total. The molecule has 2 aromatic rings. The smallest absolute Gasteiger partial charge is 0.312 e. The van der Waals surface area contributed by atoms with Gasteiger partial charge in [-0.15, -0.1) is 0 Å². The highest BCUT2D eigenvalue weighted by Crippen LogP contribution is 2.29. The number of pyridine rings is 1. The molecule has 0 amide bonds. The van der Waals surface area contributed by atoms with E-state index in [0.717, 1.165) is 5.56 Å². The second kappa shape index (κ2) is 7.99. The first-order chi connectivity index (χ1) is 12.5. The number of hydrogen-bond donors (Lipinski definition) is 0. The van der Waals surface area contributed by atoms with Crippen molar-refractivity contribution in [2.24, 2.45) is 5.92 Å². The molecule has 1 aliphatic rings. The first-order valence-electron chi connectivity index (χ1n) is 8.46. The second-order valence-electron chi connectivity index (χ2n) is 6.15. The predicted octanol–water partition coefficient (Wildman–Crippen LogP) is 4.27. The summed E-state index contributed by atoms with van der Waals surface area (Å²) in [6.45, 7) is 2.14. The zero-order chi connectivity index (χ0) is 18.7. The molecule has 1 aromatic heterocycles. The van der Waals surface area contributed by atoms with Crippen LogP contribution in [0.3, 0.4) is 0 Å². The zero-order valence-electron chi connectivity index (χ0n) is 14.3. The van der Waals surface area contributed by atoms with Crippen molar-refractivity contribution in [3.63, 3.8) is 0 Å². The van der Waals surface area contributed by atoms with E-state index in [1.165, 1.54) is 17.2 Å². The summed E-state index contributed by atoms with van der Waals surface area (Å²) in [5, 5.41) is 0.549. The maximum Gasteiger partial charge on any atom is 0.312 e. The first-order valence-corrected chi connectivity index (χ1v) is 8.84. The monoisotopic (exact) mass is 380 g/mol. The first kappa shape index (κ1) is 18.6. The molecule has 2 heterocycles. The number of aromatic nitrogens is 1. The fourth-order valence-electron chi connectivity index (χ4n) is 3.10. The number of alkyl halides is 1. The highest BCUT2D eigenvalue weighted by Gasteiger charge is 2.36. The Bertz CT molecular complexity index is 803. The van der Waals surface area contributed by atoms with Crippen LogP contribution < -0.4 is 4.90 Å². The Hall–Kier alpha value is -2.21. The van der Waals surface area contributed by atoms with Crippen molar-refractivity contribution in [3.8, 4) is 11.1 Å². The lowest BCUT2D eigenvalue weighted by Gasteiger charge is -2.34. The highest BCUT2D eigenvalue weighted by atomic mass is 35.5. The van der Waals surface area contributed by atoms with Crippen molar-refractivity contribution in [1.29, 1.82) is 0 Å². The van der Waals surface area contributed by atoms with Gasteiger partial charge >= 0.3 is 5.97 Å². The molecule has 0 saturated carbocycles. The van der Waals surface area contributed by atoms with Gasteiger partial charge in [-0.2, -0.15) is 0 Å². The Balaban J connectivity index is 1.76. The predicted molar refractivity (Wildman–Crippen MR) is 96.5 cm³/mol. The number of nitrogens with zero attached hydrogens (tertiary/aromatic N) is 2. The standard InChI is InChI=1S/C19H19ClF2N2O2/c1-2-26-19(25)15-6-7-24(11-17(15)22)18-16(21)9-13(10-23-18)12-4-3-5-14(20)8-12/h3-5,8-10,15,17H,2,6-7,11H2,1H3. The summed E-state index contributed by atoms with van der Waals surface area (Å²) in [4.78, 5) is 17.5. The number of carbonyl (C=O) groups excluding carboxylic acids is 1. The lowest BCUT2D eigenvalue weighted by Crippen LogP contribution is -2.45. The summed E-state index contributed by atoms with van der Waals surface area (Å²) >= 11 is 5.96. The van der Waals surface area contributed by atoms with Crippen molar-refractivity contribution < 1.29 is 18.3 Å². The maximum atomic E-state index is 14.6. The van der Waals surface area contributed by atoms with Gasteiger partial charge in [0.15, 0.2) is 11.6 Å². The van der Waals surface area contributed by atoms with Gasteiger partial charge in [0.1, 0.15) is 6.17 Å². The van der Waals surface area contributed by atoms with Gasteiger partial charge < -0.3 is 9.64 Å². The number of benzene rings is 1. The minimum absolute atomic E-state index is 0.0840. The van der Waals surface area contributed by atoms with E-state index in [0.29, 0.717) is 17.1 Å². The number of hydrogen-bond acceptors (Lipinski definition) is 4. The molecule has 0 bridgehead atoms. The van der Waals surface area contributed by atoms with Crippen LogP contribution in [0.1, 0.15) is 13.3 Å². The SMILES string of the molecule is CCOC(=O)C1CCN(c2ncc(-c3cccc(Cl)c3)cc2F)CC1F. The van der Waals surface area contributed by atoms with Crippen LogP contribution in [-0.4, -0.2) is 36.8 Å². The Morgan fingerprint density at radius 2 is 2.19 bits per heavy atom. The minimum Gasteiger partial charge on any atom is -0.466 e. The molecule has 0 spiro atoms. The lowest BCUT2D eigenvalue weighted by atomic mass is 9.95. The van der Waals surface area contributed by atoms with Crippen LogP contribution in [0.15, 0.2) is 36.5 Å². The number of carbonyl (C=O) groups is 1. The van der Waals surface area contributed by atoms with E-state index in [1.54, 1.807) is 25.1 Å². The average Bonchev–Trinajstić information content (AvgIpc) is 2.61. The Kier molecular flexibility index (Phi) is 5.71. The summed E-state index contributed by atoms with van der Waals surface area (Å²) in [6, 6.07) is 8.40. The molecule has 0 radical (unpaired) electrons. The van der Waals surface area contributed by atoms with Crippen molar-refractivity contribution in [3.05, 3.63) is 47.4 Å². The van der Waals surface area contributed by atoms with E-state index in [-0.39, 0.29) is 25.4 Å². The maximum absolute atomic E-state index is 14.6. The van der Waals surface area contributed by atoms with Crippen LogP contribution in [0.2, 0.25) is 5.02 Å². The van der Waals surface area contributed by atoms with Gasteiger partial charge in [0.05, 0.1) is 19.1 Å². The van der Waals surface area contributed by atoms with Crippen LogP contribution in [-0.2, 0) is 9.53 Å². The minimum atomic E-state index is -1.42. The Morgan fingerprint density at radius 3 is 2.85 bits per heavy atom. The molecule has 138 valence electrons. The lowest BCUT2D eigenvalue weighted by molar-refractivity contribution is -0.151. The van der Waals surface area contributed by atoms with Crippen LogP contribution in [0.4, 0.5) is 14.6 Å². The van der Waals surface area contributed by atoms with Gasteiger partial charge in [-0.05, 0) is 37.1 Å². The number of halogens is 3. The topological polar surface area (TPSA) is 42.4 Å². The zero-order valence-corrected chi connectivity index (χ0v) is 15.0. The Morgan fingerprint density at radius 1 is 1.38 bits per heavy atom. The summed E-state index contributed by atoms with van der Waals surface area (Å²) in [7, 11) is 0. The van der Waals surface area contributed by atoms with Gasteiger partial charge in [0.25, 0.3) is 0 Å². The number of anilines is 1. The van der Waals surface area contributed by atoms with Gasteiger partial charge in [-0.1, -0.05) is 23.7 Å². The van der Waals surface area contributed by atoms with E-state index in [9.17, 15) is 13.6 Å². The molecule has 1 saturated heterocycles. The largest absolute Gasteiger partial charge is 0.466 e. The third kappa shape index (κ3) is 3.96. The van der Waals surface area contributed by atoms with Crippen molar-refractivity contribution >= 4 is 23.4 Å². The fourth-order valence-corrected chi connectivity index (χ4v) is 3.29. The van der Waals surface area contributed by atoms with Crippen molar-refractivity contribution in [1.82, 2.24) is 4.98 Å². The van der Waals surface area contributed by atoms with Crippen LogP contribution in [0.25, 0.3) is 11.1 Å². The quantitative estimate of drug-likeness (QED) is 0.743. The average molecular weight is 381 g/mol. The normalized spacial score (nSPS) is 20.1. The summed E-state index contributed by atoms with van der Waals surface area (Å²) < 4.78 is 33.8. The number of piperidine rings is 1. The molecule has 2 unspecified atom stereocenters. The molecule has 3 rings (SSSR count). The van der Waals surface area contributed by atoms with Crippen molar-refractivity contribution in [2.75, 3.05) is 24.6 Å². The highest BCUT2D eigenvalue weighted by molar-refractivity contribution is 6.30. The molecule has 0 aliphatic carbocycles. The fraction of sp³-hybridized carbons (Fsp3) is 0.368. The van der Waals surface area contributed by atoms with Gasteiger partial charge in [-0.3, -0.25) is 4.79 Å². The van der Waals surface area contributed by atoms with Crippen LogP contribution >= 0.6 is 11.6 Å². The molecule has 0 N–H and O–H groups in total. The summed E-state index contributed by atoms with van der Waals surface area (Å²) in [6.07, 6.45) is 0.378. The summed E-state index contributed by atoms with van der Waals surface area (Å²) in [5.41, 5.74) is 1.34. The van der Waals surface area contributed by atoms with Crippen LogP contribution in [0.5, 0.6) is 0 Å². The molecule has 26 heavy (non-hydrogen) atoms. The molecular formula is C19H19ClF2N2O2. The van der Waals surface area contributed by atoms with E-state index < -0.39 is 23.9 Å². The number of esters is 1. The van der Waals surface area contributed by atoms with Crippen LogP contribution in [0, 0.1) is 11.7 Å². The molecule has 7 heteroatoms. The Labute approximate surface area is 155 Å². The molecule has 2 atom stereocenters. The van der Waals surface area contributed by atoms with E-state index in [2.05, 4.69) is 4.98 Å². The number of ether oxygens (including phenoxy) is 1. The molecular weight excluding hydrogens is 362 g/mol. The molecule has 1 fully saturated rings. The van der Waals surface area contributed by atoms with Gasteiger partial charge in [-0.25, -0.2) is 13.8 Å². The van der Waals surface area contributed by atoms with E-state index in [4.69, 9.17) is 16.3 Å². The number of rotatable bonds is 4. The van der Waals surface area contributed by atoms with Crippen molar-refractivity contribution in [2.45, 2.75) is 19.5 Å². The van der Waals surface area contributed by atoms with Gasteiger partial charge in [0.2, 0.25) is 0 Å². The second-order valence-corrected chi connectivity index (χ2v) is 6.59. The molecule has 1 aliphatic heterocycles. The molecule has 1 aromatic carbocycles. The van der Waals surface area contributed by atoms with Gasteiger partial charge in [0, 0.05) is 23.3 Å². The third-order valence-electron chi connectivity index (χ3n) is 4.41. The van der Waals surface area contributed by atoms with E-state index in [1.807, 2.05) is 6.07 Å². The van der Waals surface area contributed by atoms with E-state index >= 15 is 0 Å². The summed E-state index contributed by atoms with van der Waals surface area (Å²) in [5.74, 6) is -1.80. The third-order valence-corrected chi connectivity index (χ3v) is 4.65.